The molecule has 1 amide bonds. The molecule has 2 heterocycles. The average Bonchev–Trinajstić information content (AvgIpc) is 2.42. The summed E-state index contributed by atoms with van der Waals surface area (Å²) >= 11 is 0. The van der Waals surface area contributed by atoms with Crippen LogP contribution in [-0.4, -0.2) is 43.3 Å². The van der Waals surface area contributed by atoms with Gasteiger partial charge in [-0.25, -0.2) is 0 Å². The Labute approximate surface area is 110 Å². The van der Waals surface area contributed by atoms with Gasteiger partial charge < -0.3 is 21.5 Å². The molecule has 2 atom stereocenters. The molecule has 2 fully saturated rings. The summed E-state index contributed by atoms with van der Waals surface area (Å²) in [6.07, 6.45) is 6.86. The minimum atomic E-state index is -0.165. The molecule has 2 aliphatic rings. The Morgan fingerprint density at radius 3 is 2.50 bits per heavy atom. The van der Waals surface area contributed by atoms with Gasteiger partial charge in [-0.3, -0.25) is 4.79 Å². The highest BCUT2D eigenvalue weighted by Gasteiger charge is 2.17. The lowest BCUT2D eigenvalue weighted by Gasteiger charge is -2.22. The maximum Gasteiger partial charge on any atom is 0.221 e. The lowest BCUT2D eigenvalue weighted by Crippen LogP contribution is -2.37. The van der Waals surface area contributed by atoms with Crippen molar-refractivity contribution in [3.8, 4) is 0 Å². The van der Waals surface area contributed by atoms with Crippen LogP contribution in [0.25, 0.3) is 0 Å². The first-order chi connectivity index (χ1) is 8.74. The SMILES string of the molecule is NC(=O)C1CCCNC1.OCCC1CCCCN1. The number of aliphatic hydroxyl groups excluding tert-OH is 1. The highest BCUT2D eigenvalue weighted by molar-refractivity contribution is 5.76. The van der Waals surface area contributed by atoms with Gasteiger partial charge in [-0.1, -0.05) is 6.42 Å². The molecule has 2 saturated heterocycles. The minimum absolute atomic E-state index is 0.0822. The molecule has 0 bridgehead atoms. The Bertz CT molecular complexity index is 222. The van der Waals surface area contributed by atoms with Crippen molar-refractivity contribution >= 4 is 5.91 Å². The fourth-order valence-corrected chi connectivity index (χ4v) is 2.42. The van der Waals surface area contributed by atoms with Crippen LogP contribution in [0.1, 0.15) is 38.5 Å². The van der Waals surface area contributed by atoms with E-state index in [4.69, 9.17) is 10.8 Å². The van der Waals surface area contributed by atoms with Gasteiger partial charge in [-0.05, 0) is 45.2 Å². The van der Waals surface area contributed by atoms with Crippen LogP contribution in [0, 0.1) is 5.92 Å². The van der Waals surface area contributed by atoms with E-state index in [-0.39, 0.29) is 11.8 Å². The first-order valence-corrected chi connectivity index (χ1v) is 7.08. The van der Waals surface area contributed by atoms with Gasteiger partial charge in [0.2, 0.25) is 5.91 Å². The first kappa shape index (κ1) is 15.4. The van der Waals surface area contributed by atoms with Crippen LogP contribution in [0.4, 0.5) is 0 Å². The third kappa shape index (κ3) is 6.33. The maximum absolute atomic E-state index is 10.5. The number of hydrogen-bond acceptors (Lipinski definition) is 4. The van der Waals surface area contributed by atoms with Crippen LogP contribution in [0.5, 0.6) is 0 Å². The molecule has 2 unspecified atom stereocenters. The van der Waals surface area contributed by atoms with Gasteiger partial charge in [-0.2, -0.15) is 0 Å². The zero-order chi connectivity index (χ0) is 13.2. The fraction of sp³-hybridized carbons (Fsp3) is 0.923. The van der Waals surface area contributed by atoms with E-state index in [0.717, 1.165) is 38.9 Å². The van der Waals surface area contributed by atoms with Crippen molar-refractivity contribution in [3.63, 3.8) is 0 Å². The summed E-state index contributed by atoms with van der Waals surface area (Å²) in [5.74, 6) is -0.0825. The molecule has 0 aromatic heterocycles. The van der Waals surface area contributed by atoms with E-state index in [1.54, 1.807) is 0 Å². The summed E-state index contributed by atoms with van der Waals surface area (Å²) < 4.78 is 0. The van der Waals surface area contributed by atoms with Gasteiger partial charge in [0.1, 0.15) is 0 Å². The Kier molecular flexibility index (Phi) is 7.96. The zero-order valence-corrected chi connectivity index (χ0v) is 11.2. The Hall–Kier alpha value is -0.650. The third-order valence-corrected chi connectivity index (χ3v) is 3.59. The number of rotatable bonds is 3. The van der Waals surface area contributed by atoms with Crippen molar-refractivity contribution in [1.82, 2.24) is 10.6 Å². The number of aliphatic hydroxyl groups is 1. The molecule has 2 aliphatic heterocycles. The topological polar surface area (TPSA) is 87.4 Å². The normalized spacial score (nSPS) is 28.1. The molecule has 0 spiro atoms. The molecule has 0 aliphatic carbocycles. The lowest BCUT2D eigenvalue weighted by atomic mass is 9.99. The molecule has 5 N–H and O–H groups in total. The van der Waals surface area contributed by atoms with Crippen LogP contribution in [0.15, 0.2) is 0 Å². The van der Waals surface area contributed by atoms with E-state index in [1.165, 1.54) is 19.3 Å². The van der Waals surface area contributed by atoms with Crippen LogP contribution >= 0.6 is 0 Å². The van der Waals surface area contributed by atoms with Gasteiger partial charge in [-0.15, -0.1) is 0 Å². The number of nitrogens with one attached hydrogen (secondary N) is 2. The average molecular weight is 257 g/mol. The largest absolute Gasteiger partial charge is 0.396 e. The predicted octanol–water partition coefficient (Wildman–Crippen LogP) is -0.0178. The second kappa shape index (κ2) is 9.30. The number of primary amides is 1. The van der Waals surface area contributed by atoms with E-state index in [2.05, 4.69) is 10.6 Å². The Balaban J connectivity index is 0.000000180. The molecule has 0 saturated carbocycles. The molecule has 0 radical (unpaired) electrons. The van der Waals surface area contributed by atoms with Crippen molar-refractivity contribution in [2.75, 3.05) is 26.2 Å². The van der Waals surface area contributed by atoms with Crippen LogP contribution in [-0.2, 0) is 4.79 Å². The van der Waals surface area contributed by atoms with Crippen LogP contribution in [0.3, 0.4) is 0 Å². The summed E-state index contributed by atoms with van der Waals surface area (Å²) in [5, 5.41) is 15.1. The Morgan fingerprint density at radius 1 is 1.22 bits per heavy atom. The molecular weight excluding hydrogens is 230 g/mol. The smallest absolute Gasteiger partial charge is 0.221 e. The molecule has 0 aromatic carbocycles. The Morgan fingerprint density at radius 2 is 2.06 bits per heavy atom. The quantitative estimate of drug-likeness (QED) is 0.572. The highest BCUT2D eigenvalue weighted by atomic mass is 16.3. The van der Waals surface area contributed by atoms with Gasteiger partial charge in [0.25, 0.3) is 0 Å². The number of nitrogens with two attached hydrogens (primary N) is 1. The van der Waals surface area contributed by atoms with Crippen molar-refractivity contribution in [2.24, 2.45) is 11.7 Å². The van der Waals surface area contributed by atoms with Gasteiger partial charge in [0, 0.05) is 19.2 Å². The van der Waals surface area contributed by atoms with E-state index >= 15 is 0 Å². The van der Waals surface area contributed by atoms with E-state index < -0.39 is 0 Å². The molecule has 5 heteroatoms. The molecule has 106 valence electrons. The fourth-order valence-electron chi connectivity index (χ4n) is 2.42. The van der Waals surface area contributed by atoms with Crippen LogP contribution < -0.4 is 16.4 Å². The molecule has 2 rings (SSSR count). The number of amides is 1. The van der Waals surface area contributed by atoms with E-state index in [1.807, 2.05) is 0 Å². The van der Waals surface area contributed by atoms with Gasteiger partial charge in [0.05, 0.1) is 5.92 Å². The van der Waals surface area contributed by atoms with Gasteiger partial charge in [0.15, 0.2) is 0 Å². The number of carbonyl (C=O) groups is 1. The third-order valence-electron chi connectivity index (χ3n) is 3.59. The second-order valence-corrected chi connectivity index (χ2v) is 5.10. The summed E-state index contributed by atoms with van der Waals surface area (Å²) in [6, 6.07) is 0.601. The molecule has 0 aromatic rings. The maximum atomic E-state index is 10.5. The van der Waals surface area contributed by atoms with Crippen molar-refractivity contribution in [1.29, 1.82) is 0 Å². The first-order valence-electron chi connectivity index (χ1n) is 7.08. The standard InChI is InChI=1S/C7H15NO.C6H12N2O/c9-6-4-7-3-1-2-5-8-7;7-6(9)5-2-1-3-8-4-5/h7-9H,1-6H2;5,8H,1-4H2,(H2,7,9). The second-order valence-electron chi connectivity index (χ2n) is 5.10. The van der Waals surface area contributed by atoms with Crippen molar-refractivity contribution in [2.45, 2.75) is 44.6 Å². The summed E-state index contributed by atoms with van der Waals surface area (Å²) in [6.45, 7) is 3.28. The predicted molar refractivity (Wildman–Crippen MR) is 72.1 cm³/mol. The van der Waals surface area contributed by atoms with E-state index in [0.29, 0.717) is 12.6 Å². The van der Waals surface area contributed by atoms with E-state index in [9.17, 15) is 4.79 Å². The number of hydrogen-bond donors (Lipinski definition) is 4. The highest BCUT2D eigenvalue weighted by Crippen LogP contribution is 2.09. The van der Waals surface area contributed by atoms with Crippen molar-refractivity contribution < 1.29 is 9.90 Å². The lowest BCUT2D eigenvalue weighted by molar-refractivity contribution is -0.122. The molecule has 18 heavy (non-hydrogen) atoms. The van der Waals surface area contributed by atoms with Crippen LogP contribution in [0.2, 0.25) is 0 Å². The number of piperidine rings is 2. The monoisotopic (exact) mass is 257 g/mol. The summed E-state index contributed by atoms with van der Waals surface area (Å²) in [7, 11) is 0. The summed E-state index contributed by atoms with van der Waals surface area (Å²) in [4.78, 5) is 10.5. The summed E-state index contributed by atoms with van der Waals surface area (Å²) in [5.41, 5.74) is 5.09. The number of carbonyl (C=O) groups excluding carboxylic acids is 1. The minimum Gasteiger partial charge on any atom is -0.396 e. The van der Waals surface area contributed by atoms with Gasteiger partial charge >= 0.3 is 0 Å². The molecular formula is C13H27N3O2. The van der Waals surface area contributed by atoms with Crippen molar-refractivity contribution in [3.05, 3.63) is 0 Å². The molecule has 5 nitrogen and oxygen atoms in total. The zero-order valence-electron chi connectivity index (χ0n) is 11.2.